The predicted molar refractivity (Wildman–Crippen MR) is 61.2 cm³/mol. The number of nitrogens with zero attached hydrogens (tertiary/aromatic N) is 1. The first kappa shape index (κ1) is 9.73. The number of carbonyl (C=O) groups excluding carboxylic acids is 1. The summed E-state index contributed by atoms with van der Waals surface area (Å²) in [4.78, 5) is 16.0. The highest BCUT2D eigenvalue weighted by molar-refractivity contribution is 6.16. The third-order valence-corrected chi connectivity index (χ3v) is 3.35. The summed E-state index contributed by atoms with van der Waals surface area (Å²) >= 11 is 0. The lowest BCUT2D eigenvalue weighted by atomic mass is 9.90. The highest BCUT2D eigenvalue weighted by atomic mass is 16.1. The van der Waals surface area contributed by atoms with E-state index in [9.17, 15) is 4.79 Å². The second-order valence-corrected chi connectivity index (χ2v) is 4.39. The van der Waals surface area contributed by atoms with Crippen LogP contribution in [0.1, 0.15) is 12.8 Å². The zero-order valence-corrected chi connectivity index (χ0v) is 9.07. The lowest BCUT2D eigenvalue weighted by Gasteiger charge is -2.22. The van der Waals surface area contributed by atoms with Gasteiger partial charge in [-0.3, -0.25) is 4.79 Å². The Morgan fingerprint density at radius 1 is 1.31 bits per heavy atom. The molecule has 0 saturated carbocycles. The monoisotopic (exact) mass is 214 g/mol. The highest BCUT2D eigenvalue weighted by Crippen LogP contribution is 2.21. The normalized spacial score (nSPS) is 24.1. The van der Waals surface area contributed by atoms with E-state index in [2.05, 4.69) is 10.3 Å². The average molecular weight is 214 g/mol. The van der Waals surface area contributed by atoms with Crippen LogP contribution in [0, 0.1) is 5.92 Å². The first-order valence-corrected chi connectivity index (χ1v) is 5.79. The van der Waals surface area contributed by atoms with Gasteiger partial charge in [0.1, 0.15) is 0 Å². The number of nitrogens with one attached hydrogen (secondary N) is 1. The first-order valence-electron chi connectivity index (χ1n) is 5.79. The number of hydrogen-bond donors (Lipinski definition) is 1. The molecular formula is C13H14N2O. The van der Waals surface area contributed by atoms with Crippen LogP contribution in [0.15, 0.2) is 29.3 Å². The lowest BCUT2D eigenvalue weighted by Crippen LogP contribution is -2.34. The van der Waals surface area contributed by atoms with E-state index < -0.39 is 0 Å². The van der Waals surface area contributed by atoms with Gasteiger partial charge >= 0.3 is 0 Å². The molecule has 1 atom stereocenters. The molecule has 2 aliphatic heterocycles. The number of fused-ring (bicyclic) bond motifs is 1. The molecule has 1 amide bonds. The van der Waals surface area contributed by atoms with Crippen molar-refractivity contribution in [2.24, 2.45) is 10.9 Å². The minimum Gasteiger partial charge on any atom is -0.316 e. The van der Waals surface area contributed by atoms with Gasteiger partial charge in [0, 0.05) is 23.3 Å². The summed E-state index contributed by atoms with van der Waals surface area (Å²) in [6.45, 7) is 1.97. The van der Waals surface area contributed by atoms with E-state index in [4.69, 9.17) is 0 Å². The van der Waals surface area contributed by atoms with Crippen LogP contribution in [0.3, 0.4) is 0 Å². The molecule has 3 heteroatoms. The Morgan fingerprint density at radius 3 is 3.00 bits per heavy atom. The SMILES string of the molecule is O=C1N=c2ccccc2=C1C1CCCNC1. The number of para-hydroxylation sites is 1. The second-order valence-electron chi connectivity index (χ2n) is 4.39. The molecule has 0 aliphatic carbocycles. The fraction of sp³-hybridized carbons (Fsp3) is 0.385. The Morgan fingerprint density at radius 2 is 2.19 bits per heavy atom. The van der Waals surface area contributed by atoms with Gasteiger partial charge in [0.15, 0.2) is 0 Å². The van der Waals surface area contributed by atoms with Gasteiger partial charge in [-0.15, -0.1) is 0 Å². The van der Waals surface area contributed by atoms with Crippen LogP contribution in [0.25, 0.3) is 5.57 Å². The smallest absolute Gasteiger partial charge is 0.274 e. The molecule has 2 heterocycles. The molecule has 0 bridgehead atoms. The molecule has 82 valence electrons. The summed E-state index contributed by atoms with van der Waals surface area (Å²) in [7, 11) is 0. The Kier molecular flexibility index (Phi) is 2.33. The number of piperidine rings is 1. The predicted octanol–water partition coefficient (Wildman–Crippen LogP) is -0.00330. The largest absolute Gasteiger partial charge is 0.316 e. The first-order chi connectivity index (χ1) is 7.86. The van der Waals surface area contributed by atoms with Crippen LogP contribution in [0.4, 0.5) is 0 Å². The van der Waals surface area contributed by atoms with Crippen molar-refractivity contribution in [2.75, 3.05) is 13.1 Å². The third-order valence-electron chi connectivity index (χ3n) is 3.35. The molecule has 1 saturated heterocycles. The van der Waals surface area contributed by atoms with E-state index in [1.165, 1.54) is 0 Å². The number of carbonyl (C=O) groups is 1. The fourth-order valence-corrected chi connectivity index (χ4v) is 2.58. The Bertz CT molecular complexity index is 541. The van der Waals surface area contributed by atoms with Crippen LogP contribution < -0.4 is 15.9 Å². The van der Waals surface area contributed by atoms with E-state index in [0.29, 0.717) is 5.92 Å². The van der Waals surface area contributed by atoms with Crippen molar-refractivity contribution in [3.63, 3.8) is 0 Å². The minimum absolute atomic E-state index is 0.0325. The summed E-state index contributed by atoms with van der Waals surface area (Å²) in [5, 5.41) is 5.23. The fourth-order valence-electron chi connectivity index (χ4n) is 2.58. The molecule has 1 N–H and O–H groups in total. The van der Waals surface area contributed by atoms with Gasteiger partial charge in [0.25, 0.3) is 5.91 Å². The van der Waals surface area contributed by atoms with E-state index in [0.717, 1.165) is 42.1 Å². The van der Waals surface area contributed by atoms with Crippen molar-refractivity contribution in [1.82, 2.24) is 5.32 Å². The van der Waals surface area contributed by atoms with E-state index >= 15 is 0 Å². The molecule has 0 spiro atoms. The zero-order valence-electron chi connectivity index (χ0n) is 9.07. The molecule has 3 nitrogen and oxygen atoms in total. The molecule has 1 unspecified atom stereocenters. The summed E-state index contributed by atoms with van der Waals surface area (Å²) in [5.74, 6) is 0.309. The summed E-state index contributed by atoms with van der Waals surface area (Å²) < 4.78 is 0. The number of amides is 1. The molecule has 2 aliphatic rings. The number of benzene rings is 1. The molecule has 1 aromatic rings. The van der Waals surface area contributed by atoms with Gasteiger partial charge in [-0.05, 0) is 25.5 Å². The number of rotatable bonds is 1. The third kappa shape index (κ3) is 1.48. The Labute approximate surface area is 93.9 Å². The van der Waals surface area contributed by atoms with Gasteiger partial charge < -0.3 is 5.32 Å². The molecule has 0 aromatic heterocycles. The van der Waals surface area contributed by atoms with Crippen LogP contribution in [-0.4, -0.2) is 19.0 Å². The van der Waals surface area contributed by atoms with E-state index in [-0.39, 0.29) is 5.91 Å². The molecule has 16 heavy (non-hydrogen) atoms. The molecule has 1 fully saturated rings. The maximum Gasteiger partial charge on any atom is 0.274 e. The second kappa shape index (κ2) is 3.83. The summed E-state index contributed by atoms with van der Waals surface area (Å²) in [5.41, 5.74) is 0.919. The van der Waals surface area contributed by atoms with Crippen molar-refractivity contribution < 1.29 is 4.79 Å². The maximum atomic E-state index is 11.9. The summed E-state index contributed by atoms with van der Waals surface area (Å²) in [6, 6.07) is 7.82. The highest BCUT2D eigenvalue weighted by Gasteiger charge is 2.26. The van der Waals surface area contributed by atoms with Gasteiger partial charge in [0.05, 0.1) is 5.36 Å². The topological polar surface area (TPSA) is 41.5 Å². The van der Waals surface area contributed by atoms with Crippen LogP contribution in [0.2, 0.25) is 0 Å². The Balaban J connectivity index is 2.13. The quantitative estimate of drug-likeness (QED) is 0.715. The van der Waals surface area contributed by atoms with Crippen LogP contribution in [-0.2, 0) is 4.79 Å². The van der Waals surface area contributed by atoms with E-state index in [1.54, 1.807) is 0 Å². The molecule has 0 radical (unpaired) electrons. The Hall–Kier alpha value is -1.48. The van der Waals surface area contributed by atoms with Crippen molar-refractivity contribution in [1.29, 1.82) is 0 Å². The van der Waals surface area contributed by atoms with Crippen molar-refractivity contribution in [2.45, 2.75) is 12.8 Å². The number of hydrogen-bond acceptors (Lipinski definition) is 2. The van der Waals surface area contributed by atoms with Crippen molar-refractivity contribution >= 4 is 11.5 Å². The van der Waals surface area contributed by atoms with Crippen molar-refractivity contribution in [3.05, 3.63) is 34.8 Å². The molecular weight excluding hydrogens is 200 g/mol. The van der Waals surface area contributed by atoms with Crippen molar-refractivity contribution in [3.8, 4) is 0 Å². The maximum absolute atomic E-state index is 11.9. The zero-order chi connectivity index (χ0) is 11.0. The van der Waals surface area contributed by atoms with E-state index in [1.807, 2.05) is 24.3 Å². The van der Waals surface area contributed by atoms with Crippen LogP contribution >= 0.6 is 0 Å². The van der Waals surface area contributed by atoms with Crippen LogP contribution in [0.5, 0.6) is 0 Å². The minimum atomic E-state index is -0.0325. The lowest BCUT2D eigenvalue weighted by molar-refractivity contribution is -0.113. The summed E-state index contributed by atoms with van der Waals surface area (Å²) in [6.07, 6.45) is 2.24. The average Bonchev–Trinajstić information content (AvgIpc) is 2.66. The van der Waals surface area contributed by atoms with Gasteiger partial charge in [-0.1, -0.05) is 18.2 Å². The van der Waals surface area contributed by atoms with Gasteiger partial charge in [-0.2, -0.15) is 0 Å². The standard InChI is InChI=1S/C13H14N2O/c16-13-12(9-4-3-7-14-8-9)10-5-1-2-6-11(10)15-13/h1-2,5-6,9,14H,3-4,7-8H2. The van der Waals surface area contributed by atoms with Gasteiger partial charge in [0.2, 0.25) is 0 Å². The molecule has 3 rings (SSSR count). The molecule has 1 aromatic carbocycles. The van der Waals surface area contributed by atoms with Gasteiger partial charge in [-0.25, -0.2) is 4.99 Å².